The molecule has 5 rings (SSSR count). The van der Waals surface area contributed by atoms with Crippen molar-refractivity contribution in [3.05, 3.63) is 77.9 Å². The second-order valence-corrected chi connectivity index (χ2v) is 11.2. The molecule has 0 aliphatic carbocycles. The number of halogens is 1. The van der Waals surface area contributed by atoms with Gasteiger partial charge in [0.15, 0.2) is 5.83 Å². The van der Waals surface area contributed by atoms with Crippen LogP contribution in [0.25, 0.3) is 10.9 Å². The van der Waals surface area contributed by atoms with Gasteiger partial charge in [0.2, 0.25) is 0 Å². The number of aryl methyl sites for hydroxylation is 1. The Kier molecular flexibility index (Phi) is 9.67. The number of methoxy groups -OCH3 is 2. The summed E-state index contributed by atoms with van der Waals surface area (Å²) in [5, 5.41) is 6.50. The minimum Gasteiger partial charge on any atom is -0.494 e. The van der Waals surface area contributed by atoms with E-state index in [0.29, 0.717) is 51.0 Å². The largest absolute Gasteiger partial charge is 0.494 e. The van der Waals surface area contributed by atoms with Crippen molar-refractivity contribution in [3.8, 4) is 23.0 Å². The van der Waals surface area contributed by atoms with Crippen molar-refractivity contribution in [2.24, 2.45) is 0 Å². The molecule has 3 aromatic carbocycles. The van der Waals surface area contributed by atoms with Crippen LogP contribution in [0.5, 0.6) is 23.0 Å². The quantitative estimate of drug-likeness (QED) is 0.202. The number of rotatable bonds is 10. The Morgan fingerprint density at radius 1 is 1.00 bits per heavy atom. The molecule has 2 N–H and O–H groups in total. The molecule has 2 amide bonds. The van der Waals surface area contributed by atoms with E-state index < -0.39 is 11.7 Å². The minimum absolute atomic E-state index is 0.0960. The standard InChI is InChI=1S/C34H37FN6O5/c1-20-14-27(31(45-6)18-29(20)46-23-11-9-21(10-12-23)34(43)40(2)3)38-32-24-16-28(30(44-5)17-26(24)36-19-37-32)39-33(42)25(35)15-22-8-7-13-41(22)4/h9-12,14-19,22H,7-8,13H2,1-6H3,(H,39,42)(H,36,37,38). The zero-order valence-corrected chi connectivity index (χ0v) is 26.7. The molecule has 240 valence electrons. The second-order valence-electron chi connectivity index (χ2n) is 11.2. The average molecular weight is 629 g/mol. The molecule has 1 aliphatic heterocycles. The van der Waals surface area contributed by atoms with Gasteiger partial charge in [-0.1, -0.05) is 0 Å². The van der Waals surface area contributed by atoms with E-state index in [-0.39, 0.29) is 17.6 Å². The summed E-state index contributed by atoms with van der Waals surface area (Å²) >= 11 is 0. The van der Waals surface area contributed by atoms with Crippen molar-refractivity contribution in [1.29, 1.82) is 0 Å². The van der Waals surface area contributed by atoms with E-state index in [1.54, 1.807) is 63.7 Å². The number of nitrogens with zero attached hydrogens (tertiary/aromatic N) is 4. The number of benzene rings is 3. The molecule has 12 heteroatoms. The SMILES string of the molecule is COc1cc2ncnc(Nc3cc(C)c(Oc4ccc(C(=O)N(C)C)cc4)cc3OC)c2cc1NC(=O)C(F)=CC1CCCN1C. The molecule has 0 bridgehead atoms. The van der Waals surface area contributed by atoms with Crippen molar-refractivity contribution in [2.45, 2.75) is 25.8 Å². The zero-order chi connectivity index (χ0) is 33.0. The van der Waals surface area contributed by atoms with Gasteiger partial charge in [0, 0.05) is 43.2 Å². The van der Waals surface area contributed by atoms with E-state index in [4.69, 9.17) is 14.2 Å². The highest BCUT2D eigenvalue weighted by molar-refractivity contribution is 6.05. The fraction of sp³-hybridized carbons (Fsp3) is 0.294. The smallest absolute Gasteiger partial charge is 0.284 e. The highest BCUT2D eigenvalue weighted by atomic mass is 19.1. The van der Waals surface area contributed by atoms with Crippen molar-refractivity contribution in [3.63, 3.8) is 0 Å². The Balaban J connectivity index is 1.41. The van der Waals surface area contributed by atoms with Gasteiger partial charge in [-0.15, -0.1) is 0 Å². The van der Waals surface area contributed by atoms with Crippen LogP contribution in [0.15, 0.2) is 66.8 Å². The van der Waals surface area contributed by atoms with Crippen molar-refractivity contribution in [1.82, 2.24) is 19.8 Å². The molecule has 1 aliphatic rings. The first-order chi connectivity index (χ1) is 22.1. The summed E-state index contributed by atoms with van der Waals surface area (Å²) in [7, 11) is 8.32. The third-order valence-corrected chi connectivity index (χ3v) is 7.82. The first kappa shape index (κ1) is 32.2. The van der Waals surface area contributed by atoms with Crippen molar-refractivity contribution >= 4 is 39.9 Å². The van der Waals surface area contributed by atoms with Crippen molar-refractivity contribution in [2.75, 3.05) is 52.5 Å². The zero-order valence-electron chi connectivity index (χ0n) is 26.7. The van der Waals surface area contributed by atoms with E-state index in [1.165, 1.54) is 24.4 Å². The molecule has 0 spiro atoms. The van der Waals surface area contributed by atoms with Crippen LogP contribution >= 0.6 is 0 Å². The van der Waals surface area contributed by atoms with Gasteiger partial charge in [-0.2, -0.15) is 0 Å². The number of likely N-dealkylation sites (N-methyl/N-ethyl adjacent to an activating group) is 1. The molecule has 1 atom stereocenters. The lowest BCUT2D eigenvalue weighted by molar-refractivity contribution is -0.114. The summed E-state index contributed by atoms with van der Waals surface area (Å²) in [4.78, 5) is 37.4. The Hall–Kier alpha value is -5.23. The predicted octanol–water partition coefficient (Wildman–Crippen LogP) is 6.08. The van der Waals surface area contributed by atoms with Gasteiger partial charge in [-0.25, -0.2) is 14.4 Å². The predicted molar refractivity (Wildman–Crippen MR) is 175 cm³/mol. The summed E-state index contributed by atoms with van der Waals surface area (Å²) in [5.41, 5.74) is 2.78. The van der Waals surface area contributed by atoms with Crippen LogP contribution in [-0.2, 0) is 4.79 Å². The van der Waals surface area contributed by atoms with Gasteiger partial charge in [0.25, 0.3) is 11.8 Å². The molecule has 46 heavy (non-hydrogen) atoms. The summed E-state index contributed by atoms with van der Waals surface area (Å²) in [5.74, 6) is 0.548. The number of fused-ring (bicyclic) bond motifs is 1. The highest BCUT2D eigenvalue weighted by Gasteiger charge is 2.22. The first-order valence-electron chi connectivity index (χ1n) is 14.7. The monoisotopic (exact) mass is 628 g/mol. The third kappa shape index (κ3) is 7.02. The number of ether oxygens (including phenoxy) is 3. The summed E-state index contributed by atoms with van der Waals surface area (Å²) in [6.45, 7) is 2.75. The minimum atomic E-state index is -0.865. The lowest BCUT2D eigenvalue weighted by Gasteiger charge is -2.17. The molecular weight excluding hydrogens is 591 g/mol. The summed E-state index contributed by atoms with van der Waals surface area (Å²) in [6.07, 6.45) is 4.51. The molecular formula is C34H37FN6O5. The van der Waals surface area contributed by atoms with Crippen LogP contribution in [0.2, 0.25) is 0 Å². The number of nitrogens with one attached hydrogen (secondary N) is 2. The van der Waals surface area contributed by atoms with E-state index >= 15 is 0 Å². The first-order valence-corrected chi connectivity index (χ1v) is 14.7. The molecule has 2 heterocycles. The average Bonchev–Trinajstić information content (AvgIpc) is 3.45. The third-order valence-electron chi connectivity index (χ3n) is 7.82. The molecule has 0 radical (unpaired) electrons. The van der Waals surface area contributed by atoms with Gasteiger partial charge >= 0.3 is 0 Å². The fourth-order valence-electron chi connectivity index (χ4n) is 5.25. The Labute approximate surface area is 267 Å². The van der Waals surface area contributed by atoms with Crippen LogP contribution in [0.1, 0.15) is 28.8 Å². The maximum absolute atomic E-state index is 14.9. The Morgan fingerprint density at radius 3 is 2.37 bits per heavy atom. The van der Waals surface area contributed by atoms with E-state index in [2.05, 4.69) is 20.6 Å². The van der Waals surface area contributed by atoms with E-state index in [1.807, 2.05) is 24.9 Å². The molecule has 1 unspecified atom stereocenters. The Bertz CT molecular complexity index is 1790. The van der Waals surface area contributed by atoms with Gasteiger partial charge in [-0.3, -0.25) is 14.5 Å². The van der Waals surface area contributed by atoms with Crippen LogP contribution < -0.4 is 24.8 Å². The lowest BCUT2D eigenvalue weighted by Crippen LogP contribution is -2.24. The van der Waals surface area contributed by atoms with Crippen molar-refractivity contribution < 1.29 is 28.2 Å². The molecule has 1 saturated heterocycles. The lowest BCUT2D eigenvalue weighted by atomic mass is 10.1. The van der Waals surface area contributed by atoms with Gasteiger partial charge in [-0.05, 0) is 81.4 Å². The van der Waals surface area contributed by atoms with Gasteiger partial charge in [0.05, 0.1) is 31.1 Å². The number of anilines is 3. The van der Waals surface area contributed by atoms with Crippen LogP contribution in [-0.4, -0.2) is 79.5 Å². The highest BCUT2D eigenvalue weighted by Crippen LogP contribution is 2.39. The molecule has 11 nitrogen and oxygen atoms in total. The number of likely N-dealkylation sites (tertiary alicyclic amines) is 1. The fourth-order valence-corrected chi connectivity index (χ4v) is 5.25. The van der Waals surface area contributed by atoms with E-state index in [9.17, 15) is 14.0 Å². The maximum Gasteiger partial charge on any atom is 0.284 e. The summed E-state index contributed by atoms with van der Waals surface area (Å²) < 4.78 is 32.2. The number of carbonyl (C=O) groups is 2. The number of hydrogen-bond donors (Lipinski definition) is 2. The number of amides is 2. The maximum atomic E-state index is 14.9. The van der Waals surface area contributed by atoms with Crippen LogP contribution in [0.4, 0.5) is 21.6 Å². The van der Waals surface area contributed by atoms with Crippen LogP contribution in [0, 0.1) is 6.92 Å². The Morgan fingerprint density at radius 2 is 1.72 bits per heavy atom. The molecule has 0 saturated carbocycles. The molecule has 4 aromatic rings. The number of aromatic nitrogens is 2. The van der Waals surface area contributed by atoms with Gasteiger partial charge < -0.3 is 29.7 Å². The molecule has 1 fully saturated rings. The summed E-state index contributed by atoms with van der Waals surface area (Å²) in [6, 6.07) is 13.7. The van der Waals surface area contributed by atoms with Crippen LogP contribution in [0.3, 0.4) is 0 Å². The second kappa shape index (κ2) is 13.8. The number of carbonyl (C=O) groups excluding carboxylic acids is 2. The normalized spacial score (nSPS) is 15.0. The van der Waals surface area contributed by atoms with E-state index in [0.717, 1.165) is 24.9 Å². The molecule has 1 aromatic heterocycles. The number of hydrogen-bond acceptors (Lipinski definition) is 9. The topological polar surface area (TPSA) is 118 Å². The van der Waals surface area contributed by atoms with Gasteiger partial charge in [0.1, 0.15) is 35.1 Å².